The highest BCUT2D eigenvalue weighted by molar-refractivity contribution is 4.96. The molecule has 2 heteroatoms. The monoisotopic (exact) mass is 141 g/mol. The number of terminal acetylenes is 1. The molecular formula is C8H15NO. The summed E-state index contributed by atoms with van der Waals surface area (Å²) >= 11 is 0. The van der Waals surface area contributed by atoms with E-state index in [1.807, 2.05) is 18.7 Å². The third-order valence-electron chi connectivity index (χ3n) is 1.58. The smallest absolute Gasteiger partial charge is 0.0684 e. The summed E-state index contributed by atoms with van der Waals surface area (Å²) in [6.45, 7) is 5.73. The Morgan fingerprint density at radius 1 is 1.70 bits per heavy atom. The van der Waals surface area contributed by atoms with E-state index in [-0.39, 0.29) is 12.6 Å². The third kappa shape index (κ3) is 2.86. The van der Waals surface area contributed by atoms with Crippen LogP contribution in [-0.4, -0.2) is 35.7 Å². The van der Waals surface area contributed by atoms with Crippen molar-refractivity contribution in [3.8, 4) is 12.3 Å². The predicted octanol–water partition coefficient (Wildman–Crippen LogP) is 0.322. The van der Waals surface area contributed by atoms with Crippen LogP contribution in [0.15, 0.2) is 0 Å². The summed E-state index contributed by atoms with van der Waals surface area (Å²) in [7, 11) is 0. The van der Waals surface area contributed by atoms with E-state index in [0.29, 0.717) is 6.54 Å². The lowest BCUT2D eigenvalue weighted by Gasteiger charge is -2.22. The lowest BCUT2D eigenvalue weighted by molar-refractivity contribution is 0.187. The number of rotatable bonds is 4. The summed E-state index contributed by atoms with van der Waals surface area (Å²) in [6.07, 6.45) is 5.21. The molecule has 2 nitrogen and oxygen atoms in total. The SMILES string of the molecule is C#CC(C)N(CC)CCO. The van der Waals surface area contributed by atoms with Crippen LogP contribution in [0.2, 0.25) is 0 Å². The van der Waals surface area contributed by atoms with Crippen LogP contribution in [0.25, 0.3) is 0 Å². The van der Waals surface area contributed by atoms with Gasteiger partial charge in [-0.2, -0.15) is 0 Å². The largest absolute Gasteiger partial charge is 0.395 e. The fraction of sp³-hybridized carbons (Fsp3) is 0.750. The van der Waals surface area contributed by atoms with Gasteiger partial charge in [-0.15, -0.1) is 6.42 Å². The summed E-state index contributed by atoms with van der Waals surface area (Å²) in [4.78, 5) is 2.04. The maximum absolute atomic E-state index is 8.60. The first-order chi connectivity index (χ1) is 4.76. The average molecular weight is 141 g/mol. The number of aliphatic hydroxyl groups excluding tert-OH is 1. The van der Waals surface area contributed by atoms with Gasteiger partial charge in [0, 0.05) is 6.54 Å². The van der Waals surface area contributed by atoms with Crippen molar-refractivity contribution in [2.45, 2.75) is 19.9 Å². The molecule has 0 spiro atoms. The number of aliphatic hydroxyl groups is 1. The minimum atomic E-state index is 0.136. The van der Waals surface area contributed by atoms with Crippen LogP contribution in [0, 0.1) is 12.3 Å². The molecule has 0 aromatic heterocycles. The number of hydrogen-bond acceptors (Lipinski definition) is 2. The summed E-state index contributed by atoms with van der Waals surface area (Å²) in [5.41, 5.74) is 0. The van der Waals surface area contributed by atoms with E-state index >= 15 is 0 Å². The van der Waals surface area contributed by atoms with Gasteiger partial charge in [-0.25, -0.2) is 0 Å². The Kier molecular flexibility index (Phi) is 5.00. The standard InChI is InChI=1S/C8H15NO/c1-4-8(3)9(5-2)6-7-10/h1,8,10H,5-7H2,2-3H3. The van der Waals surface area contributed by atoms with Gasteiger partial charge < -0.3 is 5.11 Å². The van der Waals surface area contributed by atoms with Gasteiger partial charge in [0.1, 0.15) is 0 Å². The van der Waals surface area contributed by atoms with Crippen LogP contribution in [0.4, 0.5) is 0 Å². The molecular weight excluding hydrogens is 126 g/mol. The number of hydrogen-bond donors (Lipinski definition) is 1. The van der Waals surface area contributed by atoms with Crippen molar-refractivity contribution in [3.63, 3.8) is 0 Å². The summed E-state index contributed by atoms with van der Waals surface area (Å²) in [6, 6.07) is 0.136. The second-order valence-electron chi connectivity index (χ2n) is 2.19. The Bertz CT molecular complexity index is 117. The van der Waals surface area contributed by atoms with Crippen LogP contribution in [0.1, 0.15) is 13.8 Å². The van der Waals surface area contributed by atoms with Crippen LogP contribution in [0.5, 0.6) is 0 Å². The zero-order valence-corrected chi connectivity index (χ0v) is 6.67. The fourth-order valence-corrected chi connectivity index (χ4v) is 0.859. The third-order valence-corrected chi connectivity index (χ3v) is 1.58. The quantitative estimate of drug-likeness (QED) is 0.570. The minimum absolute atomic E-state index is 0.136. The fourth-order valence-electron chi connectivity index (χ4n) is 0.859. The molecule has 0 radical (unpaired) electrons. The zero-order valence-electron chi connectivity index (χ0n) is 6.67. The first-order valence-electron chi connectivity index (χ1n) is 3.57. The number of nitrogens with zero attached hydrogens (tertiary/aromatic N) is 1. The molecule has 1 atom stereocenters. The Balaban J connectivity index is 3.71. The van der Waals surface area contributed by atoms with Crippen molar-refractivity contribution < 1.29 is 5.11 Å². The molecule has 0 aliphatic rings. The van der Waals surface area contributed by atoms with E-state index in [4.69, 9.17) is 11.5 Å². The van der Waals surface area contributed by atoms with Gasteiger partial charge >= 0.3 is 0 Å². The topological polar surface area (TPSA) is 23.5 Å². The molecule has 10 heavy (non-hydrogen) atoms. The molecule has 0 rings (SSSR count). The second kappa shape index (κ2) is 5.28. The van der Waals surface area contributed by atoms with Crippen molar-refractivity contribution in [1.82, 2.24) is 4.90 Å². The summed E-state index contributed by atoms with van der Waals surface area (Å²) in [5.74, 6) is 2.62. The summed E-state index contributed by atoms with van der Waals surface area (Å²) < 4.78 is 0. The number of likely N-dealkylation sites (N-methyl/N-ethyl adjacent to an activating group) is 1. The first kappa shape index (κ1) is 9.48. The van der Waals surface area contributed by atoms with Crippen molar-refractivity contribution in [2.75, 3.05) is 19.7 Å². The predicted molar refractivity (Wildman–Crippen MR) is 42.6 cm³/mol. The van der Waals surface area contributed by atoms with Crippen LogP contribution < -0.4 is 0 Å². The van der Waals surface area contributed by atoms with E-state index in [1.54, 1.807) is 0 Å². The first-order valence-corrected chi connectivity index (χ1v) is 3.57. The van der Waals surface area contributed by atoms with Gasteiger partial charge in [0.15, 0.2) is 0 Å². The maximum Gasteiger partial charge on any atom is 0.0684 e. The minimum Gasteiger partial charge on any atom is -0.395 e. The van der Waals surface area contributed by atoms with Gasteiger partial charge in [-0.1, -0.05) is 12.8 Å². The van der Waals surface area contributed by atoms with Crippen LogP contribution in [-0.2, 0) is 0 Å². The van der Waals surface area contributed by atoms with E-state index in [2.05, 4.69) is 5.92 Å². The molecule has 0 fully saturated rings. The Hall–Kier alpha value is -0.520. The molecule has 58 valence electrons. The lowest BCUT2D eigenvalue weighted by atomic mass is 10.3. The molecule has 0 aliphatic carbocycles. The average Bonchev–Trinajstić information content (AvgIpc) is 1.99. The molecule has 0 saturated carbocycles. The molecule has 1 unspecified atom stereocenters. The van der Waals surface area contributed by atoms with Gasteiger partial charge in [-0.3, -0.25) is 4.90 Å². The Labute approximate surface area is 62.8 Å². The van der Waals surface area contributed by atoms with E-state index < -0.39 is 0 Å². The molecule has 0 amide bonds. The molecule has 0 bridgehead atoms. The molecule has 0 aromatic carbocycles. The van der Waals surface area contributed by atoms with Gasteiger partial charge in [0.05, 0.1) is 12.6 Å². The van der Waals surface area contributed by atoms with Gasteiger partial charge in [0.2, 0.25) is 0 Å². The van der Waals surface area contributed by atoms with Crippen molar-refractivity contribution in [2.24, 2.45) is 0 Å². The highest BCUT2D eigenvalue weighted by Crippen LogP contribution is 1.94. The van der Waals surface area contributed by atoms with Crippen molar-refractivity contribution in [1.29, 1.82) is 0 Å². The lowest BCUT2D eigenvalue weighted by Crippen LogP contribution is -2.34. The van der Waals surface area contributed by atoms with E-state index in [0.717, 1.165) is 6.54 Å². The zero-order chi connectivity index (χ0) is 7.98. The Morgan fingerprint density at radius 2 is 2.30 bits per heavy atom. The second-order valence-corrected chi connectivity index (χ2v) is 2.19. The van der Waals surface area contributed by atoms with Crippen molar-refractivity contribution >= 4 is 0 Å². The molecule has 0 aromatic rings. The van der Waals surface area contributed by atoms with Crippen LogP contribution >= 0.6 is 0 Å². The van der Waals surface area contributed by atoms with Gasteiger partial charge in [0.25, 0.3) is 0 Å². The van der Waals surface area contributed by atoms with Crippen molar-refractivity contribution in [3.05, 3.63) is 0 Å². The van der Waals surface area contributed by atoms with Gasteiger partial charge in [-0.05, 0) is 13.5 Å². The Morgan fingerprint density at radius 3 is 2.60 bits per heavy atom. The van der Waals surface area contributed by atoms with E-state index in [9.17, 15) is 0 Å². The highest BCUT2D eigenvalue weighted by Gasteiger charge is 2.06. The normalized spacial score (nSPS) is 13.1. The molecule has 0 aliphatic heterocycles. The molecule has 0 saturated heterocycles. The van der Waals surface area contributed by atoms with E-state index in [1.165, 1.54) is 0 Å². The highest BCUT2D eigenvalue weighted by atomic mass is 16.3. The maximum atomic E-state index is 8.60. The summed E-state index contributed by atoms with van der Waals surface area (Å²) in [5, 5.41) is 8.60. The molecule has 0 heterocycles. The van der Waals surface area contributed by atoms with Crippen LogP contribution in [0.3, 0.4) is 0 Å². The molecule has 1 N–H and O–H groups in total.